The number of nitrogens with two attached hydrogens (primary N) is 1. The van der Waals surface area contributed by atoms with E-state index in [1.54, 1.807) is 4.57 Å². The molecule has 5 N–H and O–H groups in total. The summed E-state index contributed by atoms with van der Waals surface area (Å²) in [6, 6.07) is 0. The number of imidazole rings is 1. The molecule has 2 atom stereocenters. The Bertz CT molecular complexity index is 684. The summed E-state index contributed by atoms with van der Waals surface area (Å²) in [4.78, 5) is 22.1. The molecule has 0 unspecified atom stereocenters. The van der Waals surface area contributed by atoms with E-state index >= 15 is 0 Å². The number of aromatic nitrogens is 4. The van der Waals surface area contributed by atoms with Gasteiger partial charge in [0.2, 0.25) is 5.95 Å². The van der Waals surface area contributed by atoms with Crippen molar-refractivity contribution in [1.82, 2.24) is 19.5 Å². The molecule has 0 spiro atoms. The summed E-state index contributed by atoms with van der Waals surface area (Å²) in [6.45, 7) is 0.487. The average Bonchev–Trinajstić information content (AvgIpc) is 2.95. The van der Waals surface area contributed by atoms with Crippen LogP contribution in [0.5, 0.6) is 0 Å². The first-order valence-electron chi connectivity index (χ1n) is 6.02. The van der Waals surface area contributed by atoms with Crippen molar-refractivity contribution in [2.45, 2.75) is 13.0 Å². The van der Waals surface area contributed by atoms with Crippen LogP contribution in [0.15, 0.2) is 11.1 Å². The zero-order chi connectivity index (χ0) is 13.6. The van der Waals surface area contributed by atoms with E-state index < -0.39 is 0 Å². The van der Waals surface area contributed by atoms with E-state index in [1.807, 2.05) is 0 Å². The van der Waals surface area contributed by atoms with E-state index in [4.69, 9.17) is 5.73 Å². The first-order chi connectivity index (χ1) is 9.09. The molecular formula is C11H16KN5O3. The van der Waals surface area contributed by atoms with Crippen LogP contribution >= 0.6 is 0 Å². The number of hydrogen-bond donors (Lipinski definition) is 4. The molecule has 0 aliphatic heterocycles. The van der Waals surface area contributed by atoms with Gasteiger partial charge in [0.25, 0.3) is 5.56 Å². The Morgan fingerprint density at radius 2 is 2.30 bits per heavy atom. The summed E-state index contributed by atoms with van der Waals surface area (Å²) < 4.78 is 1.70. The number of H-pyrrole nitrogens is 1. The second kappa shape index (κ2) is 5.83. The van der Waals surface area contributed by atoms with Gasteiger partial charge in [0, 0.05) is 18.6 Å². The summed E-state index contributed by atoms with van der Waals surface area (Å²) in [5.74, 6) is 0.112. The molecule has 2 aromatic rings. The Kier molecular flexibility index (Phi) is 4.69. The molecule has 9 heteroatoms. The number of fused-ring (bicyclic) bond motifs is 1. The van der Waals surface area contributed by atoms with E-state index in [2.05, 4.69) is 15.0 Å². The molecule has 1 saturated carbocycles. The summed E-state index contributed by atoms with van der Waals surface area (Å²) in [5, 5.41) is 18.7. The summed E-state index contributed by atoms with van der Waals surface area (Å²) in [5.41, 5.74) is 5.42. The summed E-state index contributed by atoms with van der Waals surface area (Å²) in [7, 11) is 0. The first-order valence-corrected chi connectivity index (χ1v) is 6.02. The Morgan fingerprint density at radius 1 is 1.55 bits per heavy atom. The molecular weight excluding hydrogens is 289 g/mol. The van der Waals surface area contributed by atoms with Crippen LogP contribution in [0.1, 0.15) is 6.42 Å². The standard InChI is InChI=1S/C11H15N5O3.K.H/c12-10-14-8-7(9(19)15-10)13-5-16(8)3-11(4-18)1-6(11)2-17;;/h5-6,17-18H,1-4H2,(H3,12,14,15,19);;/t6-,11-;;/m0../s1. The number of anilines is 1. The third-order valence-corrected chi connectivity index (χ3v) is 3.87. The minimum absolute atomic E-state index is 0. The molecule has 1 aliphatic carbocycles. The van der Waals surface area contributed by atoms with Gasteiger partial charge in [-0.1, -0.05) is 0 Å². The van der Waals surface area contributed by atoms with Crippen molar-refractivity contribution < 1.29 is 10.2 Å². The third-order valence-electron chi connectivity index (χ3n) is 3.87. The van der Waals surface area contributed by atoms with Gasteiger partial charge in [0.05, 0.1) is 12.9 Å². The van der Waals surface area contributed by atoms with Gasteiger partial charge >= 0.3 is 51.4 Å². The first kappa shape index (κ1) is 16.1. The van der Waals surface area contributed by atoms with Gasteiger partial charge in [0.1, 0.15) is 0 Å². The second-order valence-corrected chi connectivity index (χ2v) is 5.10. The molecule has 20 heavy (non-hydrogen) atoms. The van der Waals surface area contributed by atoms with Crippen molar-refractivity contribution in [2.24, 2.45) is 11.3 Å². The number of rotatable bonds is 4. The van der Waals surface area contributed by atoms with Crippen LogP contribution in [0, 0.1) is 11.3 Å². The van der Waals surface area contributed by atoms with Gasteiger partial charge < -0.3 is 20.5 Å². The van der Waals surface area contributed by atoms with Crippen LogP contribution in [0.25, 0.3) is 11.2 Å². The molecule has 0 amide bonds. The maximum absolute atomic E-state index is 11.6. The van der Waals surface area contributed by atoms with Gasteiger partial charge in [0.15, 0.2) is 11.2 Å². The van der Waals surface area contributed by atoms with Crippen LogP contribution in [-0.2, 0) is 6.54 Å². The van der Waals surface area contributed by atoms with Crippen LogP contribution < -0.4 is 11.3 Å². The molecule has 2 aromatic heterocycles. The molecule has 2 heterocycles. The third kappa shape index (κ3) is 2.59. The van der Waals surface area contributed by atoms with Gasteiger partial charge in [-0.15, -0.1) is 0 Å². The van der Waals surface area contributed by atoms with Gasteiger partial charge in [-0.05, 0) is 12.3 Å². The van der Waals surface area contributed by atoms with E-state index in [-0.39, 0.29) is 93.0 Å². The Hall–Kier alpha value is -0.294. The fraction of sp³-hybridized carbons (Fsp3) is 0.545. The van der Waals surface area contributed by atoms with E-state index in [0.717, 1.165) is 6.42 Å². The number of aliphatic hydroxyl groups excluding tert-OH is 2. The minimum atomic E-state index is -0.381. The Balaban J connectivity index is 0.00000147. The van der Waals surface area contributed by atoms with E-state index in [9.17, 15) is 15.0 Å². The quantitative estimate of drug-likeness (QED) is 0.485. The molecule has 0 bridgehead atoms. The fourth-order valence-electron chi connectivity index (χ4n) is 2.55. The molecule has 0 aromatic carbocycles. The van der Waals surface area contributed by atoms with Crippen molar-refractivity contribution >= 4 is 68.5 Å². The zero-order valence-electron chi connectivity index (χ0n) is 10.2. The number of aliphatic hydroxyl groups is 2. The molecule has 8 nitrogen and oxygen atoms in total. The summed E-state index contributed by atoms with van der Waals surface area (Å²) >= 11 is 0. The van der Waals surface area contributed by atoms with Crippen molar-refractivity contribution in [3.05, 3.63) is 16.7 Å². The molecule has 1 fully saturated rings. The van der Waals surface area contributed by atoms with Crippen molar-refractivity contribution in [3.8, 4) is 0 Å². The number of nitrogens with zero attached hydrogens (tertiary/aromatic N) is 3. The van der Waals surface area contributed by atoms with Crippen molar-refractivity contribution in [2.75, 3.05) is 18.9 Å². The predicted molar refractivity (Wildman–Crippen MR) is 74.4 cm³/mol. The molecule has 0 radical (unpaired) electrons. The van der Waals surface area contributed by atoms with Gasteiger partial charge in [-0.3, -0.25) is 9.78 Å². The Labute approximate surface area is 156 Å². The van der Waals surface area contributed by atoms with Crippen LogP contribution in [0.4, 0.5) is 5.95 Å². The predicted octanol–water partition coefficient (Wildman–Crippen LogP) is -1.96. The number of hydrogen-bond acceptors (Lipinski definition) is 6. The molecule has 104 valence electrons. The van der Waals surface area contributed by atoms with Crippen molar-refractivity contribution in [3.63, 3.8) is 0 Å². The van der Waals surface area contributed by atoms with E-state index in [1.165, 1.54) is 6.33 Å². The van der Waals surface area contributed by atoms with Crippen LogP contribution in [0.2, 0.25) is 0 Å². The summed E-state index contributed by atoms with van der Waals surface area (Å²) in [6.07, 6.45) is 2.26. The van der Waals surface area contributed by atoms with Gasteiger partial charge in [-0.2, -0.15) is 4.98 Å². The maximum atomic E-state index is 11.6. The number of nitrogens with one attached hydrogen (secondary N) is 1. The zero-order valence-corrected chi connectivity index (χ0v) is 10.2. The number of aromatic amines is 1. The average molecular weight is 305 g/mol. The molecule has 3 rings (SSSR count). The van der Waals surface area contributed by atoms with Crippen molar-refractivity contribution in [1.29, 1.82) is 0 Å². The Morgan fingerprint density at radius 3 is 2.90 bits per heavy atom. The normalized spacial score (nSPS) is 24.6. The van der Waals surface area contributed by atoms with Crippen LogP contribution in [-0.4, -0.2) is 94.3 Å². The van der Waals surface area contributed by atoms with Gasteiger partial charge in [-0.25, -0.2) is 4.98 Å². The fourth-order valence-corrected chi connectivity index (χ4v) is 2.55. The molecule has 1 aliphatic rings. The van der Waals surface area contributed by atoms with Crippen LogP contribution in [0.3, 0.4) is 0 Å². The SMILES string of the molecule is Nc1nc2c(ncn2C[C@]2(CO)C[C@H]2CO)c(=O)[nH]1.[KH]. The topological polar surface area (TPSA) is 130 Å². The number of nitrogen functional groups attached to an aromatic ring is 1. The second-order valence-electron chi connectivity index (χ2n) is 5.10. The molecule has 0 saturated heterocycles. The monoisotopic (exact) mass is 305 g/mol. The van der Waals surface area contributed by atoms with E-state index in [0.29, 0.717) is 12.2 Å².